The van der Waals surface area contributed by atoms with Crippen LogP contribution in [-0.2, 0) is 0 Å². The van der Waals surface area contributed by atoms with Crippen LogP contribution in [0.5, 0.6) is 0 Å². The van der Waals surface area contributed by atoms with Crippen LogP contribution in [0.4, 0.5) is 5.69 Å². The van der Waals surface area contributed by atoms with E-state index in [2.05, 4.69) is 45.4 Å². The van der Waals surface area contributed by atoms with Crippen LogP contribution in [-0.4, -0.2) is 24.3 Å². The van der Waals surface area contributed by atoms with Gasteiger partial charge in [0.25, 0.3) is 5.56 Å². The third-order valence-electron chi connectivity index (χ3n) is 3.57. The monoisotopic (exact) mass is 291 g/mol. The first-order valence-corrected chi connectivity index (χ1v) is 7.06. The molecule has 1 heterocycles. The highest BCUT2D eigenvalue weighted by molar-refractivity contribution is 5.84. The molecule has 4 heteroatoms. The second-order valence-corrected chi connectivity index (χ2v) is 5.37. The number of nitrogens with zero attached hydrogens (tertiary/aromatic N) is 2. The topological polar surface area (TPSA) is 49.0 Å². The number of nitrogens with one attached hydrogen (secondary N) is 1. The number of anilines is 1. The van der Waals surface area contributed by atoms with Crippen LogP contribution in [0.2, 0.25) is 0 Å². The Morgan fingerprint density at radius 2 is 1.68 bits per heavy atom. The Bertz CT molecular complexity index is 877. The Kier molecular flexibility index (Phi) is 3.74. The van der Waals surface area contributed by atoms with E-state index in [1.807, 2.05) is 38.4 Å². The van der Waals surface area contributed by atoms with E-state index in [1.165, 1.54) is 5.69 Å². The second kappa shape index (κ2) is 5.85. The minimum atomic E-state index is -0.160. The molecule has 22 heavy (non-hydrogen) atoms. The summed E-state index contributed by atoms with van der Waals surface area (Å²) < 4.78 is 0. The van der Waals surface area contributed by atoms with Gasteiger partial charge in [-0.05, 0) is 35.4 Å². The molecule has 0 bridgehead atoms. The van der Waals surface area contributed by atoms with E-state index in [-0.39, 0.29) is 5.56 Å². The Morgan fingerprint density at radius 1 is 1.00 bits per heavy atom. The lowest BCUT2D eigenvalue weighted by Crippen LogP contribution is -2.07. The zero-order chi connectivity index (χ0) is 15.5. The minimum absolute atomic E-state index is 0.160. The first-order valence-electron chi connectivity index (χ1n) is 7.06. The molecular formula is C18H17N3O. The molecular weight excluding hydrogens is 274 g/mol. The highest BCUT2D eigenvalue weighted by Crippen LogP contribution is 2.16. The number of aromatic nitrogens is 2. The van der Waals surface area contributed by atoms with Gasteiger partial charge < -0.3 is 4.90 Å². The largest absolute Gasteiger partial charge is 0.378 e. The van der Waals surface area contributed by atoms with Gasteiger partial charge in [-0.2, -0.15) is 5.10 Å². The Labute approximate surface area is 128 Å². The van der Waals surface area contributed by atoms with E-state index in [4.69, 9.17) is 0 Å². The van der Waals surface area contributed by atoms with Crippen molar-refractivity contribution in [1.29, 1.82) is 0 Å². The van der Waals surface area contributed by atoms with Crippen molar-refractivity contribution < 1.29 is 0 Å². The smallest absolute Gasteiger partial charge is 0.272 e. The predicted molar refractivity (Wildman–Crippen MR) is 92.1 cm³/mol. The van der Waals surface area contributed by atoms with Gasteiger partial charge in [-0.25, -0.2) is 5.10 Å². The van der Waals surface area contributed by atoms with Gasteiger partial charge >= 0.3 is 0 Å². The standard InChI is InChI=1S/C18H17N3O/c1-21(2)16-8-5-13(6-9-16)3-4-14-7-10-17-15(11-14)12-19-20-18(17)22/h3-12H,1-2H3,(H,20,22). The highest BCUT2D eigenvalue weighted by Gasteiger charge is 1.99. The van der Waals surface area contributed by atoms with Gasteiger partial charge in [-0.3, -0.25) is 4.79 Å². The molecule has 0 radical (unpaired) electrons. The van der Waals surface area contributed by atoms with Gasteiger partial charge in [0.2, 0.25) is 0 Å². The molecule has 0 aliphatic rings. The number of rotatable bonds is 3. The molecule has 2 aromatic carbocycles. The van der Waals surface area contributed by atoms with Gasteiger partial charge in [0.05, 0.1) is 11.6 Å². The molecule has 0 aliphatic carbocycles. The number of hydrogen-bond donors (Lipinski definition) is 1. The molecule has 0 saturated heterocycles. The van der Waals surface area contributed by atoms with Crippen molar-refractivity contribution in [1.82, 2.24) is 10.2 Å². The van der Waals surface area contributed by atoms with E-state index in [0.717, 1.165) is 16.5 Å². The lowest BCUT2D eigenvalue weighted by molar-refractivity contribution is 1.01. The average Bonchev–Trinajstić information content (AvgIpc) is 2.53. The maximum Gasteiger partial charge on any atom is 0.272 e. The molecule has 0 unspecified atom stereocenters. The molecule has 1 N–H and O–H groups in total. The number of hydrogen-bond acceptors (Lipinski definition) is 3. The fourth-order valence-corrected chi connectivity index (χ4v) is 2.30. The Balaban J connectivity index is 1.87. The van der Waals surface area contributed by atoms with Crippen molar-refractivity contribution in [3.8, 4) is 0 Å². The normalized spacial score (nSPS) is 11.2. The van der Waals surface area contributed by atoms with Gasteiger partial charge in [-0.15, -0.1) is 0 Å². The van der Waals surface area contributed by atoms with E-state index >= 15 is 0 Å². The van der Waals surface area contributed by atoms with E-state index in [9.17, 15) is 4.79 Å². The number of benzene rings is 2. The summed E-state index contributed by atoms with van der Waals surface area (Å²) in [5, 5.41) is 7.77. The van der Waals surface area contributed by atoms with Crippen LogP contribution >= 0.6 is 0 Å². The Hall–Kier alpha value is -2.88. The quantitative estimate of drug-likeness (QED) is 0.754. The van der Waals surface area contributed by atoms with Crippen LogP contribution in [0.25, 0.3) is 22.9 Å². The van der Waals surface area contributed by atoms with Crippen molar-refractivity contribution >= 4 is 28.6 Å². The highest BCUT2D eigenvalue weighted by atomic mass is 16.1. The van der Waals surface area contributed by atoms with Gasteiger partial charge in [0.15, 0.2) is 0 Å². The van der Waals surface area contributed by atoms with Crippen LogP contribution in [0.15, 0.2) is 53.5 Å². The van der Waals surface area contributed by atoms with E-state index in [0.29, 0.717) is 5.39 Å². The lowest BCUT2D eigenvalue weighted by atomic mass is 10.1. The van der Waals surface area contributed by atoms with Gasteiger partial charge in [-0.1, -0.05) is 30.4 Å². The van der Waals surface area contributed by atoms with Crippen LogP contribution in [0, 0.1) is 0 Å². The molecule has 3 aromatic rings. The van der Waals surface area contributed by atoms with Crippen LogP contribution < -0.4 is 10.5 Å². The molecule has 0 saturated carbocycles. The molecule has 0 spiro atoms. The Morgan fingerprint density at radius 3 is 2.41 bits per heavy atom. The van der Waals surface area contributed by atoms with Gasteiger partial charge in [0, 0.05) is 25.2 Å². The molecule has 0 atom stereocenters. The first kappa shape index (κ1) is 14.1. The predicted octanol–water partition coefficient (Wildman–Crippen LogP) is 3.16. The number of H-pyrrole nitrogens is 1. The maximum absolute atomic E-state index is 11.6. The van der Waals surface area contributed by atoms with Crippen LogP contribution in [0.3, 0.4) is 0 Å². The summed E-state index contributed by atoms with van der Waals surface area (Å²) in [5.74, 6) is 0. The molecule has 3 rings (SSSR count). The molecule has 4 nitrogen and oxygen atoms in total. The molecule has 0 amide bonds. The fourth-order valence-electron chi connectivity index (χ4n) is 2.30. The summed E-state index contributed by atoms with van der Waals surface area (Å²) in [5.41, 5.74) is 3.19. The zero-order valence-electron chi connectivity index (χ0n) is 12.6. The van der Waals surface area contributed by atoms with E-state index in [1.54, 1.807) is 6.20 Å². The van der Waals surface area contributed by atoms with Crippen molar-refractivity contribution in [2.75, 3.05) is 19.0 Å². The summed E-state index contributed by atoms with van der Waals surface area (Å²) in [7, 11) is 4.05. The fraction of sp³-hybridized carbons (Fsp3) is 0.111. The van der Waals surface area contributed by atoms with E-state index < -0.39 is 0 Å². The van der Waals surface area contributed by atoms with Crippen molar-refractivity contribution in [2.24, 2.45) is 0 Å². The van der Waals surface area contributed by atoms with Crippen molar-refractivity contribution in [3.05, 3.63) is 70.1 Å². The number of aromatic amines is 1. The minimum Gasteiger partial charge on any atom is -0.378 e. The summed E-state index contributed by atoms with van der Waals surface area (Å²) in [6.45, 7) is 0. The summed E-state index contributed by atoms with van der Waals surface area (Å²) >= 11 is 0. The zero-order valence-corrected chi connectivity index (χ0v) is 12.6. The van der Waals surface area contributed by atoms with Crippen LogP contribution in [0.1, 0.15) is 11.1 Å². The summed E-state index contributed by atoms with van der Waals surface area (Å²) in [6, 6.07) is 14.1. The molecule has 1 aromatic heterocycles. The summed E-state index contributed by atoms with van der Waals surface area (Å²) in [4.78, 5) is 13.7. The molecule has 110 valence electrons. The second-order valence-electron chi connectivity index (χ2n) is 5.37. The average molecular weight is 291 g/mol. The molecule has 0 aliphatic heterocycles. The third kappa shape index (κ3) is 2.91. The summed E-state index contributed by atoms with van der Waals surface area (Å²) in [6.07, 6.45) is 5.76. The lowest BCUT2D eigenvalue weighted by Gasteiger charge is -2.11. The maximum atomic E-state index is 11.6. The van der Waals surface area contributed by atoms with Crippen molar-refractivity contribution in [3.63, 3.8) is 0 Å². The van der Waals surface area contributed by atoms with Gasteiger partial charge in [0.1, 0.15) is 0 Å². The molecule has 0 fully saturated rings. The third-order valence-corrected chi connectivity index (χ3v) is 3.57. The first-order chi connectivity index (χ1) is 10.6. The SMILES string of the molecule is CN(C)c1ccc(C=Cc2ccc3c(=O)[nH]ncc3c2)cc1. The van der Waals surface area contributed by atoms with Crippen molar-refractivity contribution in [2.45, 2.75) is 0 Å². The number of fused-ring (bicyclic) bond motifs is 1.